The molecule has 7 heteroatoms. The van der Waals surface area contributed by atoms with E-state index >= 15 is 0 Å². The zero-order chi connectivity index (χ0) is 20.2. The molecule has 1 N–H and O–H groups in total. The van der Waals surface area contributed by atoms with Crippen molar-refractivity contribution in [2.75, 3.05) is 38.2 Å². The highest BCUT2D eigenvalue weighted by atomic mass is 19.1. The topological polar surface area (TPSA) is 67.9 Å². The van der Waals surface area contributed by atoms with Gasteiger partial charge in [-0.05, 0) is 68.4 Å². The molecule has 2 heterocycles. The summed E-state index contributed by atoms with van der Waals surface area (Å²) < 4.78 is 24.0. The average molecular weight is 398 g/mol. The zero-order valence-corrected chi connectivity index (χ0v) is 16.0. The predicted octanol–water partition coefficient (Wildman–Crippen LogP) is 3.13. The van der Waals surface area contributed by atoms with Crippen LogP contribution in [-0.4, -0.2) is 49.4 Å². The number of benzene rings is 2. The first-order valence-electron chi connectivity index (χ1n) is 9.80. The van der Waals surface area contributed by atoms with Crippen LogP contribution in [-0.2, 0) is 4.79 Å². The number of nitrogens with zero attached hydrogens (tertiary/aromatic N) is 1. The Hall–Kier alpha value is -2.93. The summed E-state index contributed by atoms with van der Waals surface area (Å²) in [7, 11) is 0. The maximum absolute atomic E-state index is 12.9. The van der Waals surface area contributed by atoms with Crippen LogP contribution in [0.25, 0.3) is 0 Å². The molecule has 29 heavy (non-hydrogen) atoms. The monoisotopic (exact) mass is 398 g/mol. The molecule has 1 fully saturated rings. The molecule has 0 atom stereocenters. The van der Waals surface area contributed by atoms with E-state index in [1.54, 1.807) is 18.2 Å². The summed E-state index contributed by atoms with van der Waals surface area (Å²) in [5.41, 5.74) is 1.21. The number of fused-ring (bicyclic) bond motifs is 1. The SMILES string of the molecule is O=C(CN1CCC(C(=O)c2ccc3c(c2)OCCO3)CC1)Nc1ccc(F)cc1. The summed E-state index contributed by atoms with van der Waals surface area (Å²) in [6, 6.07) is 11.0. The van der Waals surface area contributed by atoms with E-state index in [2.05, 4.69) is 5.32 Å². The van der Waals surface area contributed by atoms with Gasteiger partial charge in [0, 0.05) is 17.2 Å². The number of rotatable bonds is 5. The second kappa shape index (κ2) is 8.61. The third-order valence-electron chi connectivity index (χ3n) is 5.28. The highest BCUT2D eigenvalue weighted by Crippen LogP contribution is 2.32. The van der Waals surface area contributed by atoms with Gasteiger partial charge in [-0.15, -0.1) is 0 Å². The van der Waals surface area contributed by atoms with Crippen LogP contribution in [0.1, 0.15) is 23.2 Å². The van der Waals surface area contributed by atoms with Gasteiger partial charge in [-0.1, -0.05) is 0 Å². The zero-order valence-electron chi connectivity index (χ0n) is 16.0. The molecule has 6 nitrogen and oxygen atoms in total. The molecular formula is C22H23FN2O4. The van der Waals surface area contributed by atoms with E-state index in [0.717, 1.165) is 0 Å². The molecule has 2 aromatic carbocycles. The molecule has 0 aromatic heterocycles. The Bertz CT molecular complexity index is 892. The lowest BCUT2D eigenvalue weighted by molar-refractivity contribution is -0.117. The van der Waals surface area contributed by atoms with E-state index in [9.17, 15) is 14.0 Å². The highest BCUT2D eigenvalue weighted by Gasteiger charge is 2.27. The number of hydrogen-bond acceptors (Lipinski definition) is 5. The minimum Gasteiger partial charge on any atom is -0.486 e. The van der Waals surface area contributed by atoms with Crippen molar-refractivity contribution in [3.8, 4) is 11.5 Å². The van der Waals surface area contributed by atoms with Gasteiger partial charge < -0.3 is 14.8 Å². The smallest absolute Gasteiger partial charge is 0.238 e. The number of carbonyl (C=O) groups is 2. The van der Waals surface area contributed by atoms with Gasteiger partial charge in [0.15, 0.2) is 17.3 Å². The van der Waals surface area contributed by atoms with Crippen LogP contribution in [0.5, 0.6) is 11.5 Å². The number of likely N-dealkylation sites (tertiary alicyclic amines) is 1. The van der Waals surface area contributed by atoms with Crippen LogP contribution in [0.15, 0.2) is 42.5 Å². The van der Waals surface area contributed by atoms with Gasteiger partial charge in [-0.25, -0.2) is 4.39 Å². The Morgan fingerprint density at radius 2 is 1.69 bits per heavy atom. The average Bonchev–Trinajstić information content (AvgIpc) is 2.75. The molecule has 0 radical (unpaired) electrons. The molecule has 0 spiro atoms. The molecule has 2 aliphatic heterocycles. The number of ketones is 1. The van der Waals surface area contributed by atoms with E-state index in [-0.39, 0.29) is 30.0 Å². The first-order valence-corrected chi connectivity index (χ1v) is 9.80. The van der Waals surface area contributed by atoms with Gasteiger partial charge >= 0.3 is 0 Å². The standard InChI is InChI=1S/C22H23FN2O4/c23-17-2-4-18(5-3-17)24-21(26)14-25-9-7-15(8-10-25)22(27)16-1-6-19-20(13-16)29-12-11-28-19/h1-6,13,15H,7-12,14H2,(H,24,26). The molecule has 152 valence electrons. The van der Waals surface area contributed by atoms with Crippen LogP contribution in [0, 0.1) is 11.7 Å². The molecule has 0 unspecified atom stereocenters. The fourth-order valence-corrected chi connectivity index (χ4v) is 3.72. The van der Waals surface area contributed by atoms with Gasteiger partial charge in [0.2, 0.25) is 5.91 Å². The van der Waals surface area contributed by atoms with Gasteiger partial charge in [0.25, 0.3) is 0 Å². The number of Topliss-reactive ketones (excluding diaryl/α,β-unsaturated/α-hetero) is 1. The van der Waals surface area contributed by atoms with Gasteiger partial charge in [0.05, 0.1) is 6.54 Å². The molecule has 0 aliphatic carbocycles. The Kier molecular flexibility index (Phi) is 5.76. The lowest BCUT2D eigenvalue weighted by Gasteiger charge is -2.30. The van der Waals surface area contributed by atoms with Gasteiger partial charge in [-0.3, -0.25) is 14.5 Å². The molecule has 0 bridgehead atoms. The fraction of sp³-hybridized carbons (Fsp3) is 0.364. The summed E-state index contributed by atoms with van der Waals surface area (Å²) in [5, 5.41) is 2.77. The third kappa shape index (κ3) is 4.74. The largest absolute Gasteiger partial charge is 0.486 e. The Balaban J connectivity index is 1.28. The Morgan fingerprint density at radius 3 is 2.41 bits per heavy atom. The van der Waals surface area contributed by atoms with Crippen LogP contribution in [0.3, 0.4) is 0 Å². The van der Waals surface area contributed by atoms with Crippen LogP contribution in [0.2, 0.25) is 0 Å². The van der Waals surface area contributed by atoms with E-state index in [4.69, 9.17) is 9.47 Å². The molecule has 0 saturated carbocycles. The van der Waals surface area contributed by atoms with Gasteiger partial charge in [0.1, 0.15) is 19.0 Å². The van der Waals surface area contributed by atoms with Crippen molar-refractivity contribution in [2.45, 2.75) is 12.8 Å². The van der Waals surface area contributed by atoms with Crippen molar-refractivity contribution in [2.24, 2.45) is 5.92 Å². The molecule has 2 aliphatic rings. The van der Waals surface area contributed by atoms with Crippen LogP contribution in [0.4, 0.5) is 10.1 Å². The number of amides is 1. The summed E-state index contributed by atoms with van der Waals surface area (Å²) in [5.74, 6) is 0.860. The summed E-state index contributed by atoms with van der Waals surface area (Å²) in [6.07, 6.45) is 1.41. The summed E-state index contributed by atoms with van der Waals surface area (Å²) >= 11 is 0. The number of ether oxygens (including phenoxy) is 2. The summed E-state index contributed by atoms with van der Waals surface area (Å²) in [6.45, 7) is 2.62. The molecule has 1 saturated heterocycles. The predicted molar refractivity (Wildman–Crippen MR) is 106 cm³/mol. The first kappa shape index (κ1) is 19.4. The highest BCUT2D eigenvalue weighted by molar-refractivity contribution is 5.98. The number of carbonyl (C=O) groups excluding carboxylic acids is 2. The van der Waals surface area contributed by atoms with Crippen molar-refractivity contribution in [1.29, 1.82) is 0 Å². The van der Waals surface area contributed by atoms with E-state index in [1.165, 1.54) is 24.3 Å². The fourth-order valence-electron chi connectivity index (χ4n) is 3.72. The number of anilines is 1. The normalized spacial score (nSPS) is 17.0. The number of nitrogens with one attached hydrogen (secondary N) is 1. The van der Waals surface area contributed by atoms with Crippen molar-refractivity contribution in [3.63, 3.8) is 0 Å². The van der Waals surface area contributed by atoms with Crippen molar-refractivity contribution >= 4 is 17.4 Å². The van der Waals surface area contributed by atoms with E-state index < -0.39 is 0 Å². The quantitative estimate of drug-likeness (QED) is 0.784. The second-order valence-corrected chi connectivity index (χ2v) is 7.33. The van der Waals surface area contributed by atoms with Crippen LogP contribution < -0.4 is 14.8 Å². The lowest BCUT2D eigenvalue weighted by atomic mass is 9.88. The maximum atomic E-state index is 12.9. The minimum absolute atomic E-state index is 0.0611. The molecule has 2 aromatic rings. The van der Waals surface area contributed by atoms with Crippen LogP contribution >= 0.6 is 0 Å². The molecule has 4 rings (SSSR count). The van der Waals surface area contributed by atoms with Crippen molar-refractivity contribution in [3.05, 3.63) is 53.8 Å². The lowest BCUT2D eigenvalue weighted by Crippen LogP contribution is -2.40. The number of hydrogen-bond donors (Lipinski definition) is 1. The summed E-state index contributed by atoms with van der Waals surface area (Å²) in [4.78, 5) is 27.1. The number of piperidine rings is 1. The third-order valence-corrected chi connectivity index (χ3v) is 5.28. The van der Waals surface area contributed by atoms with Crippen molar-refractivity contribution < 1.29 is 23.5 Å². The number of halogens is 1. The molecular weight excluding hydrogens is 375 g/mol. The van der Waals surface area contributed by atoms with E-state index in [0.29, 0.717) is 61.9 Å². The molecule has 1 amide bonds. The maximum Gasteiger partial charge on any atom is 0.238 e. The van der Waals surface area contributed by atoms with Crippen molar-refractivity contribution in [1.82, 2.24) is 4.90 Å². The van der Waals surface area contributed by atoms with Gasteiger partial charge in [-0.2, -0.15) is 0 Å². The Morgan fingerprint density at radius 1 is 1.00 bits per heavy atom. The Labute approximate surface area is 168 Å². The first-order chi connectivity index (χ1) is 14.1. The minimum atomic E-state index is -0.340. The van der Waals surface area contributed by atoms with E-state index in [1.807, 2.05) is 4.90 Å². The second-order valence-electron chi connectivity index (χ2n) is 7.33.